The van der Waals surface area contributed by atoms with Gasteiger partial charge >= 0.3 is 0 Å². The van der Waals surface area contributed by atoms with E-state index in [-0.39, 0.29) is 0 Å². The molecule has 0 unspecified atom stereocenters. The normalized spacial score (nSPS) is 14.9. The Morgan fingerprint density at radius 2 is 1.84 bits per heavy atom. The zero-order valence-corrected chi connectivity index (χ0v) is 15.7. The van der Waals surface area contributed by atoms with Crippen LogP contribution in [0.2, 0.25) is 5.02 Å². The molecule has 0 atom stereocenters. The van der Waals surface area contributed by atoms with Gasteiger partial charge in [0.05, 0.1) is 0 Å². The predicted octanol–water partition coefficient (Wildman–Crippen LogP) is 3.91. The fourth-order valence-corrected chi connectivity index (χ4v) is 3.16. The van der Waals surface area contributed by atoms with Crippen molar-refractivity contribution in [2.45, 2.75) is 20.3 Å². The molecule has 0 bridgehead atoms. The molecule has 2 aromatic rings. The van der Waals surface area contributed by atoms with Gasteiger partial charge in [-0.25, -0.2) is 9.97 Å². The van der Waals surface area contributed by atoms with Crippen molar-refractivity contribution in [3.05, 3.63) is 41.7 Å². The summed E-state index contributed by atoms with van der Waals surface area (Å²) >= 11 is 6.11. The van der Waals surface area contributed by atoms with E-state index in [0.29, 0.717) is 5.92 Å². The number of halogens is 1. The number of piperazine rings is 1. The minimum Gasteiger partial charge on any atom is -0.370 e. The highest BCUT2D eigenvalue weighted by Gasteiger charge is 2.19. The lowest BCUT2D eigenvalue weighted by molar-refractivity contribution is 0.606. The number of hydrogen-bond acceptors (Lipinski definition) is 5. The Kier molecular flexibility index (Phi) is 5.97. The number of aromatic nitrogens is 2. The summed E-state index contributed by atoms with van der Waals surface area (Å²) in [5, 5.41) is 4.18. The van der Waals surface area contributed by atoms with Crippen LogP contribution in [0.15, 0.2) is 36.7 Å². The SMILES string of the molecule is CC(C)CCNc1cc(N2CCN(c3cccc(Cl)c3)CC2)ncn1. The summed E-state index contributed by atoms with van der Waals surface area (Å²) in [6.45, 7) is 9.19. The van der Waals surface area contributed by atoms with Crippen LogP contribution >= 0.6 is 11.6 Å². The molecule has 25 heavy (non-hydrogen) atoms. The first-order valence-corrected chi connectivity index (χ1v) is 9.31. The summed E-state index contributed by atoms with van der Waals surface area (Å²) in [7, 11) is 0. The molecular weight excluding hydrogens is 334 g/mol. The molecular formula is C19H26ClN5. The van der Waals surface area contributed by atoms with Gasteiger partial charge in [-0.2, -0.15) is 0 Å². The van der Waals surface area contributed by atoms with Crippen LogP contribution in [0.4, 0.5) is 17.3 Å². The smallest absolute Gasteiger partial charge is 0.134 e. The monoisotopic (exact) mass is 359 g/mol. The molecule has 1 aromatic heterocycles. The largest absolute Gasteiger partial charge is 0.370 e. The Balaban J connectivity index is 1.57. The van der Waals surface area contributed by atoms with Gasteiger partial charge in [-0.15, -0.1) is 0 Å². The number of nitrogens with zero attached hydrogens (tertiary/aromatic N) is 4. The molecule has 2 heterocycles. The van der Waals surface area contributed by atoms with Gasteiger partial charge in [0.25, 0.3) is 0 Å². The highest BCUT2D eigenvalue weighted by atomic mass is 35.5. The Labute approximate surface area is 155 Å². The third kappa shape index (κ3) is 4.98. The zero-order valence-electron chi connectivity index (χ0n) is 15.0. The second-order valence-electron chi connectivity index (χ2n) is 6.82. The van der Waals surface area contributed by atoms with Gasteiger partial charge in [-0.05, 0) is 30.5 Å². The van der Waals surface area contributed by atoms with Crippen LogP contribution in [0.3, 0.4) is 0 Å². The third-order valence-electron chi connectivity index (χ3n) is 4.46. The highest BCUT2D eigenvalue weighted by molar-refractivity contribution is 6.30. The summed E-state index contributed by atoms with van der Waals surface area (Å²) in [4.78, 5) is 13.5. The molecule has 134 valence electrons. The Bertz CT molecular complexity index is 683. The van der Waals surface area contributed by atoms with E-state index in [9.17, 15) is 0 Å². The second kappa shape index (κ2) is 8.39. The Morgan fingerprint density at radius 3 is 2.56 bits per heavy atom. The minimum absolute atomic E-state index is 0.688. The van der Waals surface area contributed by atoms with Gasteiger partial charge < -0.3 is 15.1 Å². The molecule has 0 radical (unpaired) electrons. The zero-order chi connectivity index (χ0) is 17.6. The lowest BCUT2D eigenvalue weighted by Gasteiger charge is -2.36. The van der Waals surface area contributed by atoms with Crippen LogP contribution in [0, 0.1) is 5.92 Å². The summed E-state index contributed by atoms with van der Waals surface area (Å²) in [5.41, 5.74) is 1.19. The van der Waals surface area contributed by atoms with E-state index in [1.165, 1.54) is 5.69 Å². The maximum Gasteiger partial charge on any atom is 0.134 e. The lowest BCUT2D eigenvalue weighted by atomic mass is 10.1. The Hall–Kier alpha value is -2.01. The first-order valence-electron chi connectivity index (χ1n) is 8.93. The molecule has 0 spiro atoms. The summed E-state index contributed by atoms with van der Waals surface area (Å²) in [6, 6.07) is 10.1. The first kappa shape index (κ1) is 17.8. The van der Waals surface area contributed by atoms with E-state index in [1.54, 1.807) is 6.33 Å². The van der Waals surface area contributed by atoms with Gasteiger partial charge in [-0.1, -0.05) is 31.5 Å². The average Bonchev–Trinajstić information content (AvgIpc) is 2.62. The fraction of sp³-hybridized carbons (Fsp3) is 0.474. The van der Waals surface area contributed by atoms with Crippen LogP contribution in [0.5, 0.6) is 0 Å². The highest BCUT2D eigenvalue weighted by Crippen LogP contribution is 2.22. The molecule has 1 saturated heterocycles. The van der Waals surface area contributed by atoms with E-state index >= 15 is 0 Å². The van der Waals surface area contributed by atoms with Crippen molar-refractivity contribution in [2.75, 3.05) is 47.8 Å². The first-order chi connectivity index (χ1) is 12.1. The minimum atomic E-state index is 0.688. The van der Waals surface area contributed by atoms with E-state index < -0.39 is 0 Å². The summed E-state index contributed by atoms with van der Waals surface area (Å²) in [5.74, 6) is 2.59. The van der Waals surface area contributed by atoms with E-state index in [4.69, 9.17) is 11.6 Å². The molecule has 0 aliphatic carbocycles. The van der Waals surface area contributed by atoms with Crippen LogP contribution in [0.1, 0.15) is 20.3 Å². The number of rotatable bonds is 6. The summed E-state index contributed by atoms with van der Waals surface area (Å²) in [6.07, 6.45) is 2.79. The Morgan fingerprint density at radius 1 is 1.08 bits per heavy atom. The van der Waals surface area contributed by atoms with Crippen molar-refractivity contribution in [2.24, 2.45) is 5.92 Å². The second-order valence-corrected chi connectivity index (χ2v) is 7.26. The van der Waals surface area contributed by atoms with Crippen molar-refractivity contribution < 1.29 is 0 Å². The quantitative estimate of drug-likeness (QED) is 0.847. The van der Waals surface area contributed by atoms with Gasteiger partial charge in [-0.3, -0.25) is 0 Å². The van der Waals surface area contributed by atoms with Crippen LogP contribution in [0.25, 0.3) is 0 Å². The molecule has 1 N–H and O–H groups in total. The number of nitrogens with one attached hydrogen (secondary N) is 1. The average molecular weight is 360 g/mol. The number of benzene rings is 1. The van der Waals surface area contributed by atoms with Crippen LogP contribution in [-0.2, 0) is 0 Å². The number of anilines is 3. The maximum atomic E-state index is 6.11. The lowest BCUT2D eigenvalue weighted by Crippen LogP contribution is -2.46. The summed E-state index contributed by atoms with van der Waals surface area (Å²) < 4.78 is 0. The van der Waals surface area contributed by atoms with Crippen molar-refractivity contribution in [1.82, 2.24) is 9.97 Å². The van der Waals surface area contributed by atoms with E-state index in [2.05, 4.69) is 51.1 Å². The van der Waals surface area contributed by atoms with E-state index in [1.807, 2.05) is 18.2 Å². The van der Waals surface area contributed by atoms with Crippen molar-refractivity contribution in [3.8, 4) is 0 Å². The van der Waals surface area contributed by atoms with Gasteiger partial charge in [0.1, 0.15) is 18.0 Å². The fourth-order valence-electron chi connectivity index (χ4n) is 2.97. The maximum absolute atomic E-state index is 6.11. The molecule has 6 heteroatoms. The predicted molar refractivity (Wildman–Crippen MR) is 106 cm³/mol. The van der Waals surface area contributed by atoms with Gasteiger partial charge in [0.15, 0.2) is 0 Å². The van der Waals surface area contributed by atoms with Crippen molar-refractivity contribution in [1.29, 1.82) is 0 Å². The topological polar surface area (TPSA) is 44.3 Å². The molecule has 1 aliphatic heterocycles. The molecule has 1 aliphatic rings. The van der Waals surface area contributed by atoms with Crippen molar-refractivity contribution >= 4 is 28.9 Å². The van der Waals surface area contributed by atoms with Crippen LogP contribution < -0.4 is 15.1 Å². The molecule has 3 rings (SSSR count). The third-order valence-corrected chi connectivity index (χ3v) is 4.69. The molecule has 1 fully saturated rings. The van der Waals surface area contributed by atoms with Crippen LogP contribution in [-0.4, -0.2) is 42.7 Å². The number of hydrogen-bond donors (Lipinski definition) is 1. The molecule has 1 aromatic carbocycles. The standard InChI is InChI=1S/C19H26ClN5/c1-15(2)6-7-21-18-13-19(23-14-22-18)25-10-8-24(9-11-25)17-5-3-4-16(20)12-17/h3-5,12-15H,6-11H2,1-2H3,(H,21,22,23). The van der Waals surface area contributed by atoms with Gasteiger partial charge in [0.2, 0.25) is 0 Å². The van der Waals surface area contributed by atoms with Crippen molar-refractivity contribution in [3.63, 3.8) is 0 Å². The molecule has 0 amide bonds. The van der Waals surface area contributed by atoms with E-state index in [0.717, 1.165) is 55.8 Å². The molecule has 0 saturated carbocycles. The molecule has 5 nitrogen and oxygen atoms in total. The van der Waals surface area contributed by atoms with Gasteiger partial charge in [0, 0.05) is 49.5 Å².